The fourth-order valence-corrected chi connectivity index (χ4v) is 1.99. The fraction of sp³-hybridized carbons (Fsp3) is 0.0833. The van der Waals surface area contributed by atoms with Crippen LogP contribution < -0.4 is 5.32 Å². The Bertz CT molecular complexity index is 602. The second-order valence-corrected chi connectivity index (χ2v) is 5.32. The molecule has 2 rings (SSSR count). The van der Waals surface area contributed by atoms with Crippen LogP contribution in [-0.4, -0.2) is 15.9 Å². The Hall–Kier alpha value is -1.27. The molecule has 1 amide bonds. The summed E-state index contributed by atoms with van der Waals surface area (Å²) in [6.45, 7) is 1.93. The van der Waals surface area contributed by atoms with Crippen molar-refractivity contribution in [1.82, 2.24) is 9.97 Å². The largest absolute Gasteiger partial charge is 0.305 e. The molecule has 0 radical (unpaired) electrons. The second kappa shape index (κ2) is 5.58. The van der Waals surface area contributed by atoms with E-state index in [1.54, 1.807) is 30.6 Å². The van der Waals surface area contributed by atoms with E-state index in [2.05, 4.69) is 47.1 Å². The molecule has 0 saturated carbocycles. The lowest BCUT2D eigenvalue weighted by molar-refractivity contribution is 0.102. The topological polar surface area (TPSA) is 54.9 Å². The molecular formula is C12H9Br2N3O. The molecule has 6 heteroatoms. The van der Waals surface area contributed by atoms with Crippen molar-refractivity contribution >= 4 is 43.6 Å². The van der Waals surface area contributed by atoms with Crippen LogP contribution in [0.15, 0.2) is 39.5 Å². The molecule has 0 fully saturated rings. The molecule has 2 aromatic rings. The summed E-state index contributed by atoms with van der Waals surface area (Å²) in [5.41, 5.74) is 1.33. The van der Waals surface area contributed by atoms with E-state index < -0.39 is 0 Å². The van der Waals surface area contributed by atoms with Crippen LogP contribution in [0.1, 0.15) is 16.1 Å². The van der Waals surface area contributed by atoms with Crippen LogP contribution in [0.25, 0.3) is 0 Å². The summed E-state index contributed by atoms with van der Waals surface area (Å²) >= 11 is 6.64. The zero-order chi connectivity index (χ0) is 13.1. The van der Waals surface area contributed by atoms with Crippen LogP contribution in [-0.2, 0) is 0 Å². The van der Waals surface area contributed by atoms with Crippen LogP contribution in [0.5, 0.6) is 0 Å². The third-order valence-corrected chi connectivity index (χ3v) is 3.73. The van der Waals surface area contributed by atoms with Gasteiger partial charge in [0.05, 0.1) is 0 Å². The summed E-state index contributed by atoms with van der Waals surface area (Å²) in [4.78, 5) is 20.1. The molecule has 0 saturated heterocycles. The number of anilines is 1. The zero-order valence-electron chi connectivity index (χ0n) is 9.45. The number of hydrogen-bond acceptors (Lipinski definition) is 3. The van der Waals surface area contributed by atoms with Crippen LogP contribution in [0.2, 0.25) is 0 Å². The third kappa shape index (κ3) is 2.94. The first-order valence-corrected chi connectivity index (χ1v) is 6.70. The highest BCUT2D eigenvalue weighted by Crippen LogP contribution is 2.19. The van der Waals surface area contributed by atoms with Crippen molar-refractivity contribution in [1.29, 1.82) is 0 Å². The minimum atomic E-state index is -0.295. The Kier molecular flexibility index (Phi) is 4.08. The van der Waals surface area contributed by atoms with E-state index in [-0.39, 0.29) is 5.91 Å². The van der Waals surface area contributed by atoms with Crippen molar-refractivity contribution in [3.63, 3.8) is 0 Å². The summed E-state index contributed by atoms with van der Waals surface area (Å²) in [6, 6.07) is 5.31. The monoisotopic (exact) mass is 369 g/mol. The molecule has 4 nitrogen and oxygen atoms in total. The molecule has 0 spiro atoms. The maximum atomic E-state index is 12.0. The number of nitrogens with zero attached hydrogens (tertiary/aromatic N) is 2. The smallest absolute Gasteiger partial charge is 0.276 e. The Morgan fingerprint density at radius 3 is 2.72 bits per heavy atom. The maximum Gasteiger partial charge on any atom is 0.276 e. The van der Waals surface area contributed by atoms with Gasteiger partial charge in [0.1, 0.15) is 11.5 Å². The number of amides is 1. The Labute approximate surface area is 121 Å². The molecule has 2 aromatic heterocycles. The number of carbonyl (C=O) groups is 1. The van der Waals surface area contributed by atoms with Gasteiger partial charge in [0.2, 0.25) is 0 Å². The molecule has 18 heavy (non-hydrogen) atoms. The maximum absolute atomic E-state index is 12.0. The van der Waals surface area contributed by atoms with Gasteiger partial charge in [-0.3, -0.25) is 4.79 Å². The number of nitrogens with one attached hydrogen (secondary N) is 1. The molecule has 0 bridgehead atoms. The highest BCUT2D eigenvalue weighted by molar-refractivity contribution is 9.10. The summed E-state index contributed by atoms with van der Waals surface area (Å²) in [5.74, 6) is 0.204. The number of pyridine rings is 2. The third-order valence-electron chi connectivity index (χ3n) is 2.26. The molecule has 0 unspecified atom stereocenters. The average Bonchev–Trinajstić information content (AvgIpc) is 2.34. The van der Waals surface area contributed by atoms with E-state index in [1.165, 1.54) is 0 Å². The highest BCUT2D eigenvalue weighted by Gasteiger charge is 2.12. The quantitative estimate of drug-likeness (QED) is 0.879. The van der Waals surface area contributed by atoms with Crippen molar-refractivity contribution in [2.75, 3.05) is 5.32 Å². The number of rotatable bonds is 2. The zero-order valence-corrected chi connectivity index (χ0v) is 12.6. The summed E-state index contributed by atoms with van der Waals surface area (Å²) in [6.07, 6.45) is 3.22. The van der Waals surface area contributed by atoms with Crippen molar-refractivity contribution in [3.05, 3.63) is 50.8 Å². The van der Waals surface area contributed by atoms with E-state index in [0.717, 1.165) is 10.0 Å². The minimum absolute atomic E-state index is 0.295. The second-order valence-electron chi connectivity index (χ2n) is 3.61. The van der Waals surface area contributed by atoms with Gasteiger partial charge in [-0.05, 0) is 62.5 Å². The lowest BCUT2D eigenvalue weighted by Crippen LogP contribution is -2.15. The van der Waals surface area contributed by atoms with Gasteiger partial charge >= 0.3 is 0 Å². The molecular weight excluding hydrogens is 362 g/mol. The molecule has 0 aromatic carbocycles. The Morgan fingerprint density at radius 1 is 1.28 bits per heavy atom. The summed E-state index contributed by atoms with van der Waals surface area (Å²) < 4.78 is 1.55. The first-order chi connectivity index (χ1) is 8.58. The fourth-order valence-electron chi connectivity index (χ4n) is 1.34. The van der Waals surface area contributed by atoms with Crippen LogP contribution in [0.4, 0.5) is 5.82 Å². The van der Waals surface area contributed by atoms with Gasteiger partial charge in [-0.1, -0.05) is 0 Å². The number of carbonyl (C=O) groups excluding carboxylic acids is 1. The van der Waals surface area contributed by atoms with Crippen molar-refractivity contribution in [2.45, 2.75) is 6.92 Å². The molecule has 2 heterocycles. The Morgan fingerprint density at radius 2 is 2.06 bits per heavy atom. The van der Waals surface area contributed by atoms with Crippen molar-refractivity contribution in [2.24, 2.45) is 0 Å². The molecule has 0 aliphatic carbocycles. The highest BCUT2D eigenvalue weighted by atomic mass is 79.9. The molecule has 1 N–H and O–H groups in total. The van der Waals surface area contributed by atoms with Crippen LogP contribution in [0, 0.1) is 6.92 Å². The van der Waals surface area contributed by atoms with E-state index in [0.29, 0.717) is 16.0 Å². The van der Waals surface area contributed by atoms with E-state index in [9.17, 15) is 4.79 Å². The van der Waals surface area contributed by atoms with Gasteiger partial charge in [-0.25, -0.2) is 9.97 Å². The van der Waals surface area contributed by atoms with E-state index in [1.807, 2.05) is 6.92 Å². The van der Waals surface area contributed by atoms with Gasteiger partial charge in [0.25, 0.3) is 5.91 Å². The van der Waals surface area contributed by atoms with Gasteiger partial charge in [-0.15, -0.1) is 0 Å². The molecule has 0 aliphatic heterocycles. The number of halogens is 2. The van der Waals surface area contributed by atoms with Crippen LogP contribution in [0.3, 0.4) is 0 Å². The van der Waals surface area contributed by atoms with E-state index >= 15 is 0 Å². The molecule has 0 aliphatic rings. The SMILES string of the molecule is Cc1cc(NC(=O)c2ncccc2Br)ncc1Br. The lowest BCUT2D eigenvalue weighted by atomic mass is 10.3. The summed E-state index contributed by atoms with van der Waals surface area (Å²) in [5, 5.41) is 2.70. The van der Waals surface area contributed by atoms with Crippen molar-refractivity contribution < 1.29 is 4.79 Å². The normalized spacial score (nSPS) is 10.2. The minimum Gasteiger partial charge on any atom is -0.305 e. The average molecular weight is 371 g/mol. The van der Waals surface area contributed by atoms with Gasteiger partial charge < -0.3 is 5.32 Å². The predicted molar refractivity (Wildman–Crippen MR) is 76.6 cm³/mol. The lowest BCUT2D eigenvalue weighted by Gasteiger charge is -2.06. The Balaban J connectivity index is 2.22. The number of aromatic nitrogens is 2. The molecule has 92 valence electrons. The number of hydrogen-bond donors (Lipinski definition) is 1. The van der Waals surface area contributed by atoms with Gasteiger partial charge in [0.15, 0.2) is 0 Å². The van der Waals surface area contributed by atoms with Gasteiger partial charge in [-0.2, -0.15) is 0 Å². The molecule has 0 atom stereocenters. The van der Waals surface area contributed by atoms with Crippen molar-refractivity contribution in [3.8, 4) is 0 Å². The van der Waals surface area contributed by atoms with Crippen LogP contribution >= 0.6 is 31.9 Å². The first kappa shape index (κ1) is 13.2. The number of aryl methyl sites for hydroxylation is 1. The first-order valence-electron chi connectivity index (χ1n) is 5.12. The predicted octanol–water partition coefficient (Wildman–Crippen LogP) is 3.56. The summed E-state index contributed by atoms with van der Waals surface area (Å²) in [7, 11) is 0. The van der Waals surface area contributed by atoms with Gasteiger partial charge in [0, 0.05) is 21.3 Å². The van der Waals surface area contributed by atoms with E-state index in [4.69, 9.17) is 0 Å². The standard InChI is InChI=1S/C12H9Br2N3O/c1-7-5-10(16-6-9(7)14)17-12(18)11-8(13)3-2-4-15-11/h2-6H,1H3,(H,16,17,18).